The van der Waals surface area contributed by atoms with Crippen LogP contribution in [-0.4, -0.2) is 57.0 Å². The standard InChI is InChI=1S/C27H38ClNO6/c1-16-9-8-11-27(5)22(35-27)14-20(19(28)13-18-10-6-7-12-29-18)34-23(31)15-21(30)26(3,4)25(33)17(2)24(16)32/h6-7,10,12-13,16-17,20-22,24,30,32H,8-9,11,14-15H2,1-5H3/t16-,17+,20-,21-,22-,24-,27+/m0/s1. The first-order chi connectivity index (χ1) is 16.3. The average molecular weight is 508 g/mol. The summed E-state index contributed by atoms with van der Waals surface area (Å²) in [6.45, 7) is 8.83. The number of hydrogen-bond donors (Lipinski definition) is 2. The van der Waals surface area contributed by atoms with Crippen LogP contribution in [0.1, 0.15) is 72.4 Å². The lowest BCUT2D eigenvalue weighted by Crippen LogP contribution is -2.45. The summed E-state index contributed by atoms with van der Waals surface area (Å²) in [6, 6.07) is 5.43. The molecule has 7 nitrogen and oxygen atoms in total. The molecule has 2 fully saturated rings. The summed E-state index contributed by atoms with van der Waals surface area (Å²) >= 11 is 6.60. The van der Waals surface area contributed by atoms with Gasteiger partial charge in [-0.3, -0.25) is 14.6 Å². The highest BCUT2D eigenvalue weighted by molar-refractivity contribution is 6.32. The molecule has 2 aliphatic rings. The van der Waals surface area contributed by atoms with Gasteiger partial charge in [-0.15, -0.1) is 0 Å². The normalized spacial score (nSPS) is 37.3. The van der Waals surface area contributed by atoms with Crippen molar-refractivity contribution in [2.24, 2.45) is 17.3 Å². The van der Waals surface area contributed by atoms with Crippen LogP contribution in [-0.2, 0) is 19.1 Å². The molecule has 7 atom stereocenters. The Hall–Kier alpha value is -1.80. The lowest BCUT2D eigenvalue weighted by atomic mass is 9.73. The predicted molar refractivity (Wildman–Crippen MR) is 133 cm³/mol. The summed E-state index contributed by atoms with van der Waals surface area (Å²) in [4.78, 5) is 30.3. The van der Waals surface area contributed by atoms with Crippen LogP contribution in [0, 0.1) is 17.3 Å². The van der Waals surface area contributed by atoms with E-state index < -0.39 is 35.6 Å². The van der Waals surface area contributed by atoms with Gasteiger partial charge in [-0.25, -0.2) is 0 Å². The number of aliphatic hydroxyl groups excluding tert-OH is 2. The number of fused-ring (bicyclic) bond motifs is 1. The molecule has 0 unspecified atom stereocenters. The number of epoxide rings is 1. The number of esters is 1. The molecule has 2 N–H and O–H groups in total. The topological polar surface area (TPSA) is 109 Å². The van der Waals surface area contributed by atoms with Gasteiger partial charge >= 0.3 is 5.97 Å². The van der Waals surface area contributed by atoms with Crippen molar-refractivity contribution < 1.29 is 29.3 Å². The first-order valence-corrected chi connectivity index (χ1v) is 12.8. The van der Waals surface area contributed by atoms with Crippen molar-refractivity contribution in [2.75, 3.05) is 0 Å². The number of cyclic esters (lactones) is 1. The minimum atomic E-state index is -1.28. The fourth-order valence-corrected chi connectivity index (χ4v) is 5.13. The molecular formula is C27H38ClNO6. The quantitative estimate of drug-likeness (QED) is 0.454. The number of aromatic nitrogens is 1. The van der Waals surface area contributed by atoms with Crippen LogP contribution in [0.2, 0.25) is 0 Å². The molecule has 1 aromatic heterocycles. The van der Waals surface area contributed by atoms with Gasteiger partial charge in [0.1, 0.15) is 11.9 Å². The first kappa shape index (κ1) is 27.8. The second-order valence-corrected chi connectivity index (χ2v) is 11.3. The van der Waals surface area contributed by atoms with Gasteiger partial charge in [0.25, 0.3) is 0 Å². The van der Waals surface area contributed by atoms with E-state index >= 15 is 0 Å². The number of carbonyl (C=O) groups is 2. The van der Waals surface area contributed by atoms with Gasteiger partial charge in [-0.1, -0.05) is 51.8 Å². The van der Waals surface area contributed by atoms with Crippen LogP contribution in [0.15, 0.2) is 29.4 Å². The highest BCUT2D eigenvalue weighted by atomic mass is 35.5. The molecule has 3 heterocycles. The molecule has 0 bridgehead atoms. The zero-order valence-corrected chi connectivity index (χ0v) is 22.0. The number of nitrogens with zero attached hydrogens (tertiary/aromatic N) is 1. The summed E-state index contributed by atoms with van der Waals surface area (Å²) in [5, 5.41) is 21.9. The summed E-state index contributed by atoms with van der Waals surface area (Å²) in [5.41, 5.74) is -0.969. The van der Waals surface area contributed by atoms with Crippen molar-refractivity contribution in [2.45, 2.75) is 96.7 Å². The molecule has 0 spiro atoms. The molecule has 0 saturated carbocycles. The van der Waals surface area contributed by atoms with Gasteiger partial charge < -0.3 is 19.7 Å². The summed E-state index contributed by atoms with van der Waals surface area (Å²) in [5.74, 6) is -1.72. The maximum absolute atomic E-state index is 13.2. The van der Waals surface area contributed by atoms with E-state index in [4.69, 9.17) is 21.1 Å². The Bertz CT molecular complexity index is 935. The second-order valence-electron chi connectivity index (χ2n) is 10.9. The molecule has 0 amide bonds. The molecule has 0 aromatic carbocycles. The zero-order chi connectivity index (χ0) is 26.0. The SMILES string of the molecule is C[C@H]1CCC[C@@]2(C)O[C@H]2C[C@@H](C(Cl)=Cc2ccccn2)OC(=O)C[C@H](O)C(C)(C)C(=O)[C@H](C)[C@H]1O. The van der Waals surface area contributed by atoms with E-state index in [0.717, 1.165) is 19.3 Å². The van der Waals surface area contributed by atoms with Crippen molar-refractivity contribution in [3.63, 3.8) is 0 Å². The van der Waals surface area contributed by atoms with Crippen molar-refractivity contribution in [3.05, 3.63) is 35.1 Å². The Morgan fingerprint density at radius 1 is 1.20 bits per heavy atom. The first-order valence-electron chi connectivity index (χ1n) is 12.4. The number of pyridine rings is 1. The van der Waals surface area contributed by atoms with Crippen LogP contribution in [0.5, 0.6) is 0 Å². The van der Waals surface area contributed by atoms with E-state index in [1.165, 1.54) is 0 Å². The van der Waals surface area contributed by atoms with Crippen LogP contribution in [0.3, 0.4) is 0 Å². The number of halogens is 1. The molecule has 2 saturated heterocycles. The molecule has 2 aliphatic heterocycles. The van der Waals surface area contributed by atoms with Crippen molar-refractivity contribution in [3.8, 4) is 0 Å². The van der Waals surface area contributed by atoms with Gasteiger partial charge in [0.2, 0.25) is 0 Å². The monoisotopic (exact) mass is 507 g/mol. The van der Waals surface area contributed by atoms with Crippen LogP contribution >= 0.6 is 11.6 Å². The number of aliphatic hydroxyl groups is 2. The smallest absolute Gasteiger partial charge is 0.309 e. The Kier molecular flexibility index (Phi) is 8.79. The molecule has 0 aliphatic carbocycles. The number of hydrogen-bond acceptors (Lipinski definition) is 7. The number of carbonyl (C=O) groups excluding carboxylic acids is 2. The van der Waals surface area contributed by atoms with E-state index in [0.29, 0.717) is 17.1 Å². The second kappa shape index (κ2) is 11.1. The Labute approximate surface area is 212 Å². The van der Waals surface area contributed by atoms with Gasteiger partial charge in [-0.05, 0) is 43.9 Å². The van der Waals surface area contributed by atoms with Crippen LogP contribution in [0.4, 0.5) is 0 Å². The van der Waals surface area contributed by atoms with E-state index in [1.807, 2.05) is 19.9 Å². The summed E-state index contributed by atoms with van der Waals surface area (Å²) in [7, 11) is 0. The van der Waals surface area contributed by atoms with Gasteiger partial charge in [0.05, 0.1) is 46.5 Å². The summed E-state index contributed by atoms with van der Waals surface area (Å²) < 4.78 is 11.7. The Morgan fingerprint density at radius 2 is 1.91 bits per heavy atom. The molecule has 3 rings (SSSR count). The number of rotatable bonds is 2. The third-order valence-electron chi connectivity index (χ3n) is 7.69. The minimum absolute atomic E-state index is 0.0935. The van der Waals surface area contributed by atoms with E-state index in [9.17, 15) is 19.8 Å². The molecule has 8 heteroatoms. The molecule has 35 heavy (non-hydrogen) atoms. The maximum atomic E-state index is 13.2. The number of ether oxygens (including phenoxy) is 2. The fraction of sp³-hybridized carbons (Fsp3) is 0.667. The van der Waals surface area contributed by atoms with E-state index in [-0.39, 0.29) is 29.8 Å². The van der Waals surface area contributed by atoms with Crippen molar-refractivity contribution in [1.29, 1.82) is 0 Å². The van der Waals surface area contributed by atoms with Gasteiger partial charge in [-0.2, -0.15) is 0 Å². The Balaban J connectivity index is 1.86. The van der Waals surface area contributed by atoms with Crippen LogP contribution in [0.25, 0.3) is 6.08 Å². The van der Waals surface area contributed by atoms with E-state index in [2.05, 4.69) is 4.98 Å². The van der Waals surface area contributed by atoms with Gasteiger partial charge in [0.15, 0.2) is 0 Å². The van der Waals surface area contributed by atoms with E-state index in [1.54, 1.807) is 45.2 Å². The molecule has 194 valence electrons. The largest absolute Gasteiger partial charge is 0.456 e. The lowest BCUT2D eigenvalue weighted by Gasteiger charge is -2.34. The predicted octanol–water partition coefficient (Wildman–Crippen LogP) is 4.28. The molecular weight excluding hydrogens is 470 g/mol. The Morgan fingerprint density at radius 3 is 2.57 bits per heavy atom. The summed E-state index contributed by atoms with van der Waals surface area (Å²) in [6.07, 6.45) is 2.64. The lowest BCUT2D eigenvalue weighted by molar-refractivity contribution is -0.154. The number of ketones is 1. The molecule has 0 radical (unpaired) electrons. The number of Topliss-reactive ketones (excluding diaryl/α,β-unsaturated/α-hetero) is 1. The maximum Gasteiger partial charge on any atom is 0.309 e. The van der Waals surface area contributed by atoms with Crippen molar-refractivity contribution in [1.82, 2.24) is 4.98 Å². The molecule has 1 aromatic rings. The van der Waals surface area contributed by atoms with Crippen molar-refractivity contribution >= 4 is 29.4 Å². The average Bonchev–Trinajstić information content (AvgIpc) is 3.45. The fourth-order valence-electron chi connectivity index (χ4n) is 4.88. The van der Waals surface area contributed by atoms with Gasteiger partial charge in [0, 0.05) is 18.5 Å². The minimum Gasteiger partial charge on any atom is -0.456 e. The highest BCUT2D eigenvalue weighted by Gasteiger charge is 2.53. The third-order valence-corrected chi connectivity index (χ3v) is 8.04. The zero-order valence-electron chi connectivity index (χ0n) is 21.2. The van der Waals surface area contributed by atoms with Crippen LogP contribution < -0.4 is 0 Å². The highest BCUT2D eigenvalue weighted by Crippen LogP contribution is 2.45. The third kappa shape index (κ3) is 6.70.